The topological polar surface area (TPSA) is 71.1 Å². The Kier molecular flexibility index (Phi) is 5.34. The van der Waals surface area contributed by atoms with Crippen molar-refractivity contribution in [2.24, 2.45) is 0 Å². The molecule has 23 heavy (non-hydrogen) atoms. The number of nitrogens with one attached hydrogen (secondary N) is 2. The molecule has 0 radical (unpaired) electrons. The van der Waals surface area contributed by atoms with Gasteiger partial charge in [-0.3, -0.25) is 9.59 Å². The number of pyridine rings is 1. The molecular formula is C17H18ClN3O2. The number of nitrogens with zero attached hydrogens (tertiary/aromatic N) is 1. The van der Waals surface area contributed by atoms with Gasteiger partial charge in [0.25, 0.3) is 11.8 Å². The minimum absolute atomic E-state index is 0.0210. The lowest BCUT2D eigenvalue weighted by Gasteiger charge is -2.11. The molecule has 6 heteroatoms. The average molecular weight is 332 g/mol. The van der Waals surface area contributed by atoms with Gasteiger partial charge in [-0.05, 0) is 51.1 Å². The highest BCUT2D eigenvalue weighted by Gasteiger charge is 2.13. The van der Waals surface area contributed by atoms with Crippen LogP contribution >= 0.6 is 11.6 Å². The van der Waals surface area contributed by atoms with Crippen molar-refractivity contribution < 1.29 is 9.59 Å². The van der Waals surface area contributed by atoms with Gasteiger partial charge in [-0.2, -0.15) is 0 Å². The van der Waals surface area contributed by atoms with Crippen molar-refractivity contribution in [3.05, 3.63) is 58.4 Å². The van der Waals surface area contributed by atoms with E-state index in [1.54, 1.807) is 43.3 Å². The zero-order valence-electron chi connectivity index (χ0n) is 13.2. The molecule has 2 rings (SSSR count). The normalized spacial score (nSPS) is 10.5. The van der Waals surface area contributed by atoms with Gasteiger partial charge in [0.05, 0.1) is 10.7 Å². The summed E-state index contributed by atoms with van der Waals surface area (Å²) in [6, 6.07) is 9.94. The lowest BCUT2D eigenvalue weighted by Crippen LogP contribution is -2.30. The van der Waals surface area contributed by atoms with Crippen molar-refractivity contribution in [3.63, 3.8) is 0 Å². The Morgan fingerprint density at radius 1 is 1.13 bits per heavy atom. The summed E-state index contributed by atoms with van der Waals surface area (Å²) < 4.78 is 0. The maximum atomic E-state index is 12.2. The van der Waals surface area contributed by atoms with E-state index in [0.29, 0.717) is 16.3 Å². The number of aromatic nitrogens is 1. The van der Waals surface area contributed by atoms with Crippen molar-refractivity contribution >= 4 is 29.1 Å². The number of hydrogen-bond donors (Lipinski definition) is 2. The van der Waals surface area contributed by atoms with Gasteiger partial charge in [0, 0.05) is 17.3 Å². The second kappa shape index (κ2) is 7.24. The van der Waals surface area contributed by atoms with Crippen LogP contribution < -0.4 is 10.6 Å². The predicted octanol–water partition coefficient (Wildman–Crippen LogP) is 3.43. The molecule has 0 aliphatic rings. The molecule has 2 aromatic rings. The molecule has 0 spiro atoms. The number of benzene rings is 1. The SMILES string of the molecule is Cc1cccc(C(=O)Nc2cc(C(=O)NC(C)C)ccc2Cl)n1. The Morgan fingerprint density at radius 2 is 1.87 bits per heavy atom. The molecular weight excluding hydrogens is 314 g/mol. The van der Waals surface area contributed by atoms with Crippen molar-refractivity contribution in [1.82, 2.24) is 10.3 Å². The zero-order valence-corrected chi connectivity index (χ0v) is 13.9. The van der Waals surface area contributed by atoms with E-state index in [1.165, 1.54) is 0 Å². The number of halogens is 1. The molecule has 1 aromatic heterocycles. The molecule has 120 valence electrons. The summed E-state index contributed by atoms with van der Waals surface area (Å²) in [5, 5.41) is 5.83. The monoisotopic (exact) mass is 331 g/mol. The standard InChI is InChI=1S/C17H18ClN3O2/c1-10(2)19-16(22)12-7-8-13(18)15(9-12)21-17(23)14-6-4-5-11(3)20-14/h4-10H,1-3H3,(H,19,22)(H,21,23). The molecule has 0 unspecified atom stereocenters. The number of carbonyl (C=O) groups is 2. The lowest BCUT2D eigenvalue weighted by molar-refractivity contribution is 0.0941. The van der Waals surface area contributed by atoms with Crippen LogP contribution in [-0.4, -0.2) is 22.8 Å². The quantitative estimate of drug-likeness (QED) is 0.901. The summed E-state index contributed by atoms with van der Waals surface area (Å²) in [4.78, 5) is 28.4. The highest BCUT2D eigenvalue weighted by molar-refractivity contribution is 6.34. The van der Waals surface area contributed by atoms with E-state index in [4.69, 9.17) is 11.6 Å². The van der Waals surface area contributed by atoms with E-state index < -0.39 is 0 Å². The molecule has 0 fully saturated rings. The van der Waals surface area contributed by atoms with Crippen molar-refractivity contribution in [1.29, 1.82) is 0 Å². The van der Waals surface area contributed by atoms with Crippen LogP contribution in [0.3, 0.4) is 0 Å². The number of amides is 2. The number of hydrogen-bond acceptors (Lipinski definition) is 3. The summed E-state index contributed by atoms with van der Waals surface area (Å²) in [5.41, 5.74) is 1.83. The first-order chi connectivity index (χ1) is 10.9. The summed E-state index contributed by atoms with van der Waals surface area (Å²) in [7, 11) is 0. The number of carbonyl (C=O) groups excluding carboxylic acids is 2. The number of anilines is 1. The molecule has 0 aliphatic carbocycles. The van der Waals surface area contributed by atoms with E-state index >= 15 is 0 Å². The third-order valence-corrected chi connectivity index (χ3v) is 3.35. The molecule has 1 aromatic carbocycles. The van der Waals surface area contributed by atoms with Gasteiger partial charge in [0.2, 0.25) is 0 Å². The van der Waals surface area contributed by atoms with E-state index in [2.05, 4.69) is 15.6 Å². The summed E-state index contributed by atoms with van der Waals surface area (Å²) in [6.07, 6.45) is 0. The second-order valence-electron chi connectivity index (χ2n) is 5.44. The molecule has 0 saturated carbocycles. The Balaban J connectivity index is 2.22. The molecule has 2 amide bonds. The Hall–Kier alpha value is -2.40. The number of rotatable bonds is 4. The van der Waals surface area contributed by atoms with Crippen molar-refractivity contribution in [2.45, 2.75) is 26.8 Å². The fourth-order valence-corrected chi connectivity index (χ4v) is 2.13. The second-order valence-corrected chi connectivity index (χ2v) is 5.85. The first-order valence-electron chi connectivity index (χ1n) is 7.22. The molecule has 0 bridgehead atoms. The number of aryl methyl sites for hydroxylation is 1. The minimum atomic E-state index is -0.378. The van der Waals surface area contributed by atoms with Crippen LogP contribution in [0.2, 0.25) is 5.02 Å². The van der Waals surface area contributed by atoms with Gasteiger partial charge < -0.3 is 10.6 Å². The molecule has 0 aliphatic heterocycles. The molecule has 5 nitrogen and oxygen atoms in total. The van der Waals surface area contributed by atoms with Crippen LogP contribution in [0.1, 0.15) is 40.4 Å². The maximum absolute atomic E-state index is 12.2. The van der Waals surface area contributed by atoms with Gasteiger partial charge in [0.15, 0.2) is 0 Å². The highest BCUT2D eigenvalue weighted by atomic mass is 35.5. The van der Waals surface area contributed by atoms with Gasteiger partial charge >= 0.3 is 0 Å². The summed E-state index contributed by atoms with van der Waals surface area (Å²) in [5.74, 6) is -0.599. The smallest absolute Gasteiger partial charge is 0.274 e. The third-order valence-electron chi connectivity index (χ3n) is 3.02. The van der Waals surface area contributed by atoms with Gasteiger partial charge in [-0.1, -0.05) is 17.7 Å². The average Bonchev–Trinajstić information content (AvgIpc) is 2.48. The Bertz CT molecular complexity index is 744. The van der Waals surface area contributed by atoms with Crippen LogP contribution in [-0.2, 0) is 0 Å². The van der Waals surface area contributed by atoms with Gasteiger partial charge in [-0.15, -0.1) is 0 Å². The highest BCUT2D eigenvalue weighted by Crippen LogP contribution is 2.23. The Labute approximate surface area is 140 Å². The largest absolute Gasteiger partial charge is 0.350 e. The third kappa shape index (κ3) is 4.53. The molecule has 0 saturated heterocycles. The van der Waals surface area contributed by atoms with Crippen molar-refractivity contribution in [3.8, 4) is 0 Å². The Morgan fingerprint density at radius 3 is 2.52 bits per heavy atom. The van der Waals surface area contributed by atoms with Gasteiger partial charge in [0.1, 0.15) is 5.69 Å². The maximum Gasteiger partial charge on any atom is 0.274 e. The van der Waals surface area contributed by atoms with Crippen LogP contribution in [0, 0.1) is 6.92 Å². The predicted molar refractivity (Wildman–Crippen MR) is 91.0 cm³/mol. The van der Waals surface area contributed by atoms with E-state index in [9.17, 15) is 9.59 Å². The molecule has 1 heterocycles. The van der Waals surface area contributed by atoms with Crippen LogP contribution in [0.4, 0.5) is 5.69 Å². The molecule has 2 N–H and O–H groups in total. The molecule has 0 atom stereocenters. The lowest BCUT2D eigenvalue weighted by atomic mass is 10.1. The summed E-state index contributed by atoms with van der Waals surface area (Å²) in [6.45, 7) is 5.56. The summed E-state index contributed by atoms with van der Waals surface area (Å²) >= 11 is 6.10. The fourth-order valence-electron chi connectivity index (χ4n) is 1.96. The first kappa shape index (κ1) is 17.0. The zero-order chi connectivity index (χ0) is 17.0. The minimum Gasteiger partial charge on any atom is -0.350 e. The van der Waals surface area contributed by atoms with Gasteiger partial charge in [-0.25, -0.2) is 4.98 Å². The van der Waals surface area contributed by atoms with E-state index in [0.717, 1.165) is 5.69 Å². The first-order valence-corrected chi connectivity index (χ1v) is 7.60. The van der Waals surface area contributed by atoms with Crippen molar-refractivity contribution in [2.75, 3.05) is 5.32 Å². The van der Waals surface area contributed by atoms with Crippen LogP contribution in [0.15, 0.2) is 36.4 Å². The van der Waals surface area contributed by atoms with E-state index in [1.807, 2.05) is 13.8 Å². The fraction of sp³-hybridized carbons (Fsp3) is 0.235. The van der Waals surface area contributed by atoms with Crippen LogP contribution in [0.25, 0.3) is 0 Å². The van der Waals surface area contributed by atoms with Crippen LogP contribution in [0.5, 0.6) is 0 Å². The van der Waals surface area contributed by atoms with E-state index in [-0.39, 0.29) is 23.6 Å².